The number of nitrogens with two attached hydrogens (primary N) is 1. The summed E-state index contributed by atoms with van der Waals surface area (Å²) in [6, 6.07) is 2.11. The fourth-order valence-electron chi connectivity index (χ4n) is 3.15. The number of nitrogen functional groups attached to an aromatic ring is 1. The number of hydrogen-bond acceptors (Lipinski definition) is 3. The molecule has 1 fully saturated rings. The second-order valence-electron chi connectivity index (χ2n) is 6.03. The van der Waals surface area contributed by atoms with E-state index in [0.717, 1.165) is 51.1 Å². The first kappa shape index (κ1) is 15.9. The first-order valence-corrected chi connectivity index (χ1v) is 8.02. The normalized spacial score (nSPS) is 20.5. The molecule has 0 bridgehead atoms. The van der Waals surface area contributed by atoms with E-state index < -0.39 is 0 Å². The number of aromatic nitrogens is 1. The van der Waals surface area contributed by atoms with Gasteiger partial charge in [-0.25, -0.2) is 0 Å². The van der Waals surface area contributed by atoms with Crippen molar-refractivity contribution < 1.29 is 4.79 Å². The molecule has 0 saturated carbocycles. The molecule has 118 valence electrons. The Labute approximate surface area is 127 Å². The van der Waals surface area contributed by atoms with Crippen molar-refractivity contribution in [3.8, 4) is 0 Å². The van der Waals surface area contributed by atoms with Gasteiger partial charge in [-0.3, -0.25) is 4.79 Å². The lowest BCUT2D eigenvalue weighted by Gasteiger charge is -2.30. The van der Waals surface area contributed by atoms with Gasteiger partial charge in [0, 0.05) is 31.9 Å². The van der Waals surface area contributed by atoms with E-state index in [1.807, 2.05) is 21.7 Å². The lowest BCUT2D eigenvalue weighted by Crippen LogP contribution is -2.44. The average molecular weight is 292 g/mol. The molecule has 0 radical (unpaired) electrons. The number of likely N-dealkylation sites (N-methyl/N-ethyl adjacent to an activating group) is 1. The van der Waals surface area contributed by atoms with E-state index >= 15 is 0 Å². The third kappa shape index (κ3) is 3.59. The average Bonchev–Trinajstić information content (AvgIpc) is 2.70. The third-order valence-corrected chi connectivity index (χ3v) is 4.24. The van der Waals surface area contributed by atoms with Crippen LogP contribution in [0.4, 0.5) is 5.69 Å². The van der Waals surface area contributed by atoms with Gasteiger partial charge in [0.2, 0.25) is 0 Å². The summed E-state index contributed by atoms with van der Waals surface area (Å²) in [6.45, 7) is 7.94. The van der Waals surface area contributed by atoms with Crippen LogP contribution in [0.15, 0.2) is 12.3 Å². The highest BCUT2D eigenvalue weighted by Gasteiger charge is 2.28. The maximum Gasteiger partial charge on any atom is 0.270 e. The molecule has 1 aromatic rings. The van der Waals surface area contributed by atoms with Gasteiger partial charge < -0.3 is 20.1 Å². The van der Waals surface area contributed by atoms with Gasteiger partial charge in [-0.2, -0.15) is 0 Å². The molecule has 1 aromatic heterocycles. The molecule has 2 heterocycles. The van der Waals surface area contributed by atoms with Gasteiger partial charge in [-0.1, -0.05) is 13.8 Å². The summed E-state index contributed by atoms with van der Waals surface area (Å²) in [5, 5.41) is 0. The monoisotopic (exact) mass is 292 g/mol. The van der Waals surface area contributed by atoms with Crippen molar-refractivity contribution in [3.63, 3.8) is 0 Å². The van der Waals surface area contributed by atoms with Crippen LogP contribution in [0.5, 0.6) is 0 Å². The van der Waals surface area contributed by atoms with Crippen molar-refractivity contribution in [2.45, 2.75) is 45.7 Å². The minimum absolute atomic E-state index is 0.127. The van der Waals surface area contributed by atoms with E-state index in [1.165, 1.54) is 0 Å². The molecule has 0 aromatic carbocycles. The van der Waals surface area contributed by atoms with Gasteiger partial charge in [0.15, 0.2) is 0 Å². The predicted molar refractivity (Wildman–Crippen MR) is 86.4 cm³/mol. The zero-order chi connectivity index (χ0) is 15.4. The third-order valence-electron chi connectivity index (χ3n) is 4.24. The van der Waals surface area contributed by atoms with Gasteiger partial charge >= 0.3 is 0 Å². The minimum Gasteiger partial charge on any atom is -0.397 e. The SMILES string of the molecule is CCCn1cc(N)cc1C(=O)N1CCCN(C)CC1CC. The largest absolute Gasteiger partial charge is 0.397 e. The second-order valence-corrected chi connectivity index (χ2v) is 6.03. The van der Waals surface area contributed by atoms with Gasteiger partial charge in [0.1, 0.15) is 5.69 Å². The Bertz CT molecular complexity index is 483. The molecule has 21 heavy (non-hydrogen) atoms. The maximum atomic E-state index is 13.0. The van der Waals surface area contributed by atoms with Crippen LogP contribution in [0.1, 0.15) is 43.6 Å². The van der Waals surface area contributed by atoms with Crippen LogP contribution < -0.4 is 5.73 Å². The molecular weight excluding hydrogens is 264 g/mol. The number of amides is 1. The smallest absolute Gasteiger partial charge is 0.270 e. The van der Waals surface area contributed by atoms with Crippen molar-refractivity contribution in [1.29, 1.82) is 0 Å². The van der Waals surface area contributed by atoms with Crippen LogP contribution >= 0.6 is 0 Å². The molecule has 5 nitrogen and oxygen atoms in total. The Morgan fingerprint density at radius 3 is 2.81 bits per heavy atom. The fraction of sp³-hybridized carbons (Fsp3) is 0.688. The van der Waals surface area contributed by atoms with E-state index in [2.05, 4.69) is 25.8 Å². The van der Waals surface area contributed by atoms with E-state index in [1.54, 1.807) is 0 Å². The lowest BCUT2D eigenvalue weighted by molar-refractivity contribution is 0.0664. The zero-order valence-corrected chi connectivity index (χ0v) is 13.5. The molecule has 2 rings (SSSR count). The Morgan fingerprint density at radius 2 is 2.14 bits per heavy atom. The summed E-state index contributed by atoms with van der Waals surface area (Å²) in [5.74, 6) is 0.127. The molecule has 1 atom stereocenters. The van der Waals surface area contributed by atoms with Crippen LogP contribution in [0, 0.1) is 0 Å². The van der Waals surface area contributed by atoms with Crippen LogP contribution in [-0.4, -0.2) is 53.0 Å². The second kappa shape index (κ2) is 6.98. The molecule has 1 aliphatic rings. The maximum absolute atomic E-state index is 13.0. The standard InChI is InChI=1S/C16H28N4O/c1-4-7-19-11-13(17)10-15(19)16(21)20-9-6-8-18(3)12-14(20)5-2/h10-11,14H,4-9,12,17H2,1-3H3. The van der Waals surface area contributed by atoms with Gasteiger partial charge in [0.25, 0.3) is 5.91 Å². The molecule has 2 N–H and O–H groups in total. The first-order chi connectivity index (χ1) is 10.1. The molecule has 0 aliphatic carbocycles. The van der Waals surface area contributed by atoms with Crippen molar-refractivity contribution in [2.75, 3.05) is 32.4 Å². The van der Waals surface area contributed by atoms with E-state index in [4.69, 9.17) is 5.73 Å². The Hall–Kier alpha value is -1.49. The number of rotatable bonds is 4. The highest BCUT2D eigenvalue weighted by Crippen LogP contribution is 2.19. The Kier molecular flexibility index (Phi) is 5.28. The van der Waals surface area contributed by atoms with Crippen LogP contribution in [0.2, 0.25) is 0 Å². The van der Waals surface area contributed by atoms with Crippen LogP contribution in [0.3, 0.4) is 0 Å². The molecule has 1 amide bonds. The summed E-state index contributed by atoms with van der Waals surface area (Å²) in [5.41, 5.74) is 7.30. The van der Waals surface area contributed by atoms with Crippen molar-refractivity contribution >= 4 is 11.6 Å². The molecule has 5 heteroatoms. The highest BCUT2D eigenvalue weighted by molar-refractivity contribution is 5.94. The van der Waals surface area contributed by atoms with Crippen molar-refractivity contribution in [1.82, 2.24) is 14.4 Å². The number of carbonyl (C=O) groups is 1. The quantitative estimate of drug-likeness (QED) is 0.924. The molecular formula is C16H28N4O. The Morgan fingerprint density at radius 1 is 1.38 bits per heavy atom. The predicted octanol–water partition coefficient (Wildman–Crippen LogP) is 2.04. The summed E-state index contributed by atoms with van der Waals surface area (Å²) in [4.78, 5) is 17.3. The van der Waals surface area contributed by atoms with Crippen molar-refractivity contribution in [3.05, 3.63) is 18.0 Å². The summed E-state index contributed by atoms with van der Waals surface area (Å²) in [7, 11) is 2.13. The molecule has 1 aliphatic heterocycles. The van der Waals surface area contributed by atoms with Crippen LogP contribution in [-0.2, 0) is 6.54 Å². The number of anilines is 1. The zero-order valence-electron chi connectivity index (χ0n) is 13.5. The van der Waals surface area contributed by atoms with Crippen LogP contribution in [0.25, 0.3) is 0 Å². The number of nitrogens with zero attached hydrogens (tertiary/aromatic N) is 3. The number of carbonyl (C=O) groups excluding carboxylic acids is 1. The fourth-order valence-corrected chi connectivity index (χ4v) is 3.15. The number of hydrogen-bond donors (Lipinski definition) is 1. The summed E-state index contributed by atoms with van der Waals surface area (Å²) < 4.78 is 2.00. The van der Waals surface area contributed by atoms with Gasteiger partial charge in [0.05, 0.1) is 5.69 Å². The number of aryl methyl sites for hydroxylation is 1. The van der Waals surface area contributed by atoms with E-state index in [0.29, 0.717) is 5.69 Å². The summed E-state index contributed by atoms with van der Waals surface area (Å²) in [6.07, 6.45) is 4.89. The summed E-state index contributed by atoms with van der Waals surface area (Å²) >= 11 is 0. The van der Waals surface area contributed by atoms with Gasteiger partial charge in [-0.15, -0.1) is 0 Å². The topological polar surface area (TPSA) is 54.5 Å². The van der Waals surface area contributed by atoms with E-state index in [9.17, 15) is 4.79 Å². The van der Waals surface area contributed by atoms with Crippen molar-refractivity contribution in [2.24, 2.45) is 0 Å². The molecule has 1 unspecified atom stereocenters. The molecule has 0 spiro atoms. The molecule has 1 saturated heterocycles. The van der Waals surface area contributed by atoms with E-state index in [-0.39, 0.29) is 11.9 Å². The highest BCUT2D eigenvalue weighted by atomic mass is 16.2. The lowest BCUT2D eigenvalue weighted by atomic mass is 10.1. The minimum atomic E-state index is 0.127. The Balaban J connectivity index is 2.24. The van der Waals surface area contributed by atoms with Gasteiger partial charge in [-0.05, 0) is 38.9 Å². The first-order valence-electron chi connectivity index (χ1n) is 8.02.